The highest BCUT2D eigenvalue weighted by molar-refractivity contribution is 6.42. The number of carbonyl (C=O) groups is 1. The van der Waals surface area contributed by atoms with Crippen LogP contribution >= 0.6 is 23.2 Å². The number of benzene rings is 2. The van der Waals surface area contributed by atoms with Gasteiger partial charge in [0.05, 0.1) is 27.7 Å². The van der Waals surface area contributed by atoms with E-state index in [2.05, 4.69) is 5.32 Å². The first-order valence-electron chi connectivity index (χ1n) is 7.36. The van der Waals surface area contributed by atoms with Crippen LogP contribution in [0.3, 0.4) is 0 Å². The zero-order chi connectivity index (χ0) is 17.7. The first-order chi connectivity index (χ1) is 11.4. The van der Waals surface area contributed by atoms with Gasteiger partial charge < -0.3 is 5.32 Å². The van der Waals surface area contributed by atoms with Crippen molar-refractivity contribution in [3.05, 3.63) is 63.6 Å². The summed E-state index contributed by atoms with van der Waals surface area (Å²) >= 11 is 12.2. The molecule has 1 atom stereocenters. The number of nitrogens with zero attached hydrogens (tertiary/aromatic N) is 2. The lowest BCUT2D eigenvalue weighted by atomic mass is 10.1. The van der Waals surface area contributed by atoms with Gasteiger partial charge in [-0.05, 0) is 49.9 Å². The van der Waals surface area contributed by atoms with Crippen molar-refractivity contribution < 1.29 is 4.79 Å². The van der Waals surface area contributed by atoms with E-state index in [-0.39, 0.29) is 11.9 Å². The van der Waals surface area contributed by atoms with Crippen molar-refractivity contribution in [2.75, 3.05) is 12.4 Å². The topological polar surface area (TPSA) is 56.1 Å². The van der Waals surface area contributed by atoms with Crippen LogP contribution in [0.25, 0.3) is 0 Å². The molecule has 124 valence electrons. The first-order valence-corrected chi connectivity index (χ1v) is 8.12. The van der Waals surface area contributed by atoms with E-state index < -0.39 is 0 Å². The molecule has 4 nitrogen and oxygen atoms in total. The van der Waals surface area contributed by atoms with Gasteiger partial charge in [0.2, 0.25) is 5.91 Å². The van der Waals surface area contributed by atoms with Crippen molar-refractivity contribution in [2.24, 2.45) is 0 Å². The number of likely N-dealkylation sites (N-methyl/N-ethyl adjacent to an activating group) is 1. The van der Waals surface area contributed by atoms with Gasteiger partial charge >= 0.3 is 0 Å². The van der Waals surface area contributed by atoms with Crippen LogP contribution in [0.4, 0.5) is 5.69 Å². The van der Waals surface area contributed by atoms with E-state index in [1.807, 2.05) is 37.1 Å². The summed E-state index contributed by atoms with van der Waals surface area (Å²) in [5, 5.41) is 12.6. The van der Waals surface area contributed by atoms with Gasteiger partial charge in [-0.2, -0.15) is 5.26 Å². The molecule has 0 saturated heterocycles. The Balaban J connectivity index is 2.01. The maximum atomic E-state index is 12.4. The highest BCUT2D eigenvalue weighted by Gasteiger charge is 2.19. The summed E-state index contributed by atoms with van der Waals surface area (Å²) in [6.45, 7) is 2.32. The molecule has 0 aliphatic heterocycles. The fourth-order valence-corrected chi connectivity index (χ4v) is 2.53. The Kier molecular flexibility index (Phi) is 6.22. The fourth-order valence-electron chi connectivity index (χ4n) is 2.15. The summed E-state index contributed by atoms with van der Waals surface area (Å²) in [5.41, 5.74) is 2.07. The summed E-state index contributed by atoms with van der Waals surface area (Å²) in [6, 6.07) is 13.9. The molecule has 24 heavy (non-hydrogen) atoms. The van der Waals surface area contributed by atoms with Gasteiger partial charge in [-0.25, -0.2) is 0 Å². The quantitative estimate of drug-likeness (QED) is 0.862. The van der Waals surface area contributed by atoms with Gasteiger partial charge in [-0.15, -0.1) is 0 Å². The SMILES string of the molecule is C[C@H](C(=O)Nc1ccc(C#N)cc1)N(C)Cc1cccc(Cl)c1Cl. The van der Waals surface area contributed by atoms with Crippen LogP contribution in [0.15, 0.2) is 42.5 Å². The lowest BCUT2D eigenvalue weighted by molar-refractivity contribution is -0.120. The second-order valence-corrected chi connectivity index (χ2v) is 6.27. The first kappa shape index (κ1) is 18.3. The fraction of sp³-hybridized carbons (Fsp3) is 0.222. The van der Waals surface area contributed by atoms with E-state index in [0.29, 0.717) is 27.8 Å². The molecule has 0 bridgehead atoms. The number of hydrogen-bond acceptors (Lipinski definition) is 3. The van der Waals surface area contributed by atoms with Gasteiger partial charge in [-0.1, -0.05) is 35.3 Å². The van der Waals surface area contributed by atoms with E-state index >= 15 is 0 Å². The average Bonchev–Trinajstić information content (AvgIpc) is 2.58. The molecule has 1 N–H and O–H groups in total. The molecule has 6 heteroatoms. The van der Waals surface area contributed by atoms with Gasteiger partial charge in [0.25, 0.3) is 0 Å². The molecular formula is C18H17Cl2N3O. The summed E-state index contributed by atoms with van der Waals surface area (Å²) in [4.78, 5) is 14.3. The molecule has 2 aromatic rings. The van der Waals surface area contributed by atoms with Gasteiger partial charge in [0.15, 0.2) is 0 Å². The zero-order valence-electron chi connectivity index (χ0n) is 13.4. The second kappa shape index (κ2) is 8.16. The van der Waals surface area contributed by atoms with Crippen LogP contribution in [0.1, 0.15) is 18.1 Å². The lowest BCUT2D eigenvalue weighted by Gasteiger charge is -2.24. The third kappa shape index (κ3) is 4.48. The smallest absolute Gasteiger partial charge is 0.241 e. The van der Waals surface area contributed by atoms with E-state index in [0.717, 1.165) is 5.56 Å². The summed E-state index contributed by atoms with van der Waals surface area (Å²) in [7, 11) is 1.85. The van der Waals surface area contributed by atoms with Crippen LogP contribution < -0.4 is 5.32 Å². The van der Waals surface area contributed by atoms with Crippen molar-refractivity contribution >= 4 is 34.8 Å². The molecule has 1 amide bonds. The second-order valence-electron chi connectivity index (χ2n) is 5.48. The number of amides is 1. The van der Waals surface area contributed by atoms with Crippen molar-refractivity contribution in [1.29, 1.82) is 5.26 Å². The van der Waals surface area contributed by atoms with Crippen LogP contribution in [0, 0.1) is 11.3 Å². The normalized spacial score (nSPS) is 11.8. The largest absolute Gasteiger partial charge is 0.325 e. The highest BCUT2D eigenvalue weighted by atomic mass is 35.5. The third-order valence-electron chi connectivity index (χ3n) is 3.77. The molecule has 0 unspecified atom stereocenters. The molecule has 0 heterocycles. The Bertz CT molecular complexity index is 769. The number of rotatable bonds is 5. The number of carbonyl (C=O) groups excluding carboxylic acids is 1. The van der Waals surface area contributed by atoms with E-state index in [1.165, 1.54) is 0 Å². The molecule has 0 aliphatic carbocycles. The van der Waals surface area contributed by atoms with Crippen molar-refractivity contribution in [3.8, 4) is 6.07 Å². The molecule has 0 aliphatic rings. The standard InChI is InChI=1S/C18H17Cl2N3O/c1-12(18(24)22-15-8-6-13(10-21)7-9-15)23(2)11-14-4-3-5-16(19)17(14)20/h3-9,12H,11H2,1-2H3,(H,22,24)/t12-/m1/s1. The number of nitrogens with one attached hydrogen (secondary N) is 1. The molecule has 0 saturated carbocycles. The highest BCUT2D eigenvalue weighted by Crippen LogP contribution is 2.26. The number of hydrogen-bond donors (Lipinski definition) is 1. The van der Waals surface area contributed by atoms with Gasteiger partial charge in [-0.3, -0.25) is 9.69 Å². The Labute approximate surface area is 151 Å². The molecule has 0 radical (unpaired) electrons. The van der Waals surface area contributed by atoms with Crippen molar-refractivity contribution in [2.45, 2.75) is 19.5 Å². The summed E-state index contributed by atoms with van der Waals surface area (Å²) in [5.74, 6) is -0.139. The number of halogens is 2. The minimum Gasteiger partial charge on any atom is -0.325 e. The average molecular weight is 362 g/mol. The molecular weight excluding hydrogens is 345 g/mol. The van der Waals surface area contributed by atoms with Crippen LogP contribution in [-0.4, -0.2) is 23.9 Å². The maximum Gasteiger partial charge on any atom is 0.241 e. The van der Waals surface area contributed by atoms with Crippen LogP contribution in [-0.2, 0) is 11.3 Å². The molecule has 2 aromatic carbocycles. The van der Waals surface area contributed by atoms with Crippen molar-refractivity contribution in [1.82, 2.24) is 4.90 Å². The molecule has 0 aromatic heterocycles. The van der Waals surface area contributed by atoms with Crippen LogP contribution in [0.5, 0.6) is 0 Å². The molecule has 0 spiro atoms. The predicted molar refractivity (Wildman–Crippen MR) is 97.2 cm³/mol. The number of nitriles is 1. The Morgan fingerprint density at radius 2 is 1.92 bits per heavy atom. The molecule has 0 fully saturated rings. The van der Waals surface area contributed by atoms with Crippen molar-refractivity contribution in [3.63, 3.8) is 0 Å². The Morgan fingerprint density at radius 1 is 1.25 bits per heavy atom. The summed E-state index contributed by atoms with van der Waals surface area (Å²) in [6.07, 6.45) is 0. The van der Waals surface area contributed by atoms with Gasteiger partial charge in [0.1, 0.15) is 0 Å². The van der Waals surface area contributed by atoms with E-state index in [4.69, 9.17) is 28.5 Å². The predicted octanol–water partition coefficient (Wildman–Crippen LogP) is 4.32. The zero-order valence-corrected chi connectivity index (χ0v) is 14.9. The Morgan fingerprint density at radius 3 is 2.54 bits per heavy atom. The third-order valence-corrected chi connectivity index (χ3v) is 4.63. The maximum absolute atomic E-state index is 12.4. The minimum absolute atomic E-state index is 0.139. The molecule has 2 rings (SSSR count). The minimum atomic E-state index is -0.365. The Hall–Kier alpha value is -2.06. The van der Waals surface area contributed by atoms with Crippen LogP contribution in [0.2, 0.25) is 10.0 Å². The number of anilines is 1. The van der Waals surface area contributed by atoms with Gasteiger partial charge in [0, 0.05) is 12.2 Å². The lowest BCUT2D eigenvalue weighted by Crippen LogP contribution is -2.39. The summed E-state index contributed by atoms with van der Waals surface area (Å²) < 4.78 is 0. The monoisotopic (exact) mass is 361 g/mol. The van der Waals surface area contributed by atoms with E-state index in [9.17, 15) is 4.79 Å². The van der Waals surface area contributed by atoms with E-state index in [1.54, 1.807) is 30.3 Å².